The average molecular weight is 277 g/mol. The second-order valence-electron chi connectivity index (χ2n) is 4.32. The smallest absolute Gasteiger partial charge is 0.323 e. The van der Waals surface area contributed by atoms with Crippen LogP contribution in [-0.2, 0) is 9.59 Å². The lowest BCUT2D eigenvalue weighted by Crippen LogP contribution is -2.36. The van der Waals surface area contributed by atoms with E-state index in [0.29, 0.717) is 0 Å². The highest BCUT2D eigenvalue weighted by molar-refractivity contribution is 5.81. The average Bonchev–Trinajstić information content (AvgIpc) is 2.40. The summed E-state index contributed by atoms with van der Waals surface area (Å²) in [6, 6.07) is 7.52. The molecule has 0 aromatic heterocycles. The van der Waals surface area contributed by atoms with Gasteiger partial charge in [0.05, 0.1) is 13.0 Å². The predicted molar refractivity (Wildman–Crippen MR) is 75.7 cm³/mol. The third-order valence-electron chi connectivity index (χ3n) is 2.70. The number of aryl methyl sites for hydroxylation is 1. The number of nitrogens with zero attached hydrogens (tertiary/aromatic N) is 1. The summed E-state index contributed by atoms with van der Waals surface area (Å²) in [5, 5.41) is 8.74. The minimum Gasteiger partial charge on any atom is -0.493 e. The normalized spacial score (nSPS) is 9.85. The molecule has 0 aliphatic rings. The van der Waals surface area contributed by atoms with Crippen molar-refractivity contribution in [1.29, 1.82) is 0 Å². The van der Waals surface area contributed by atoms with Crippen LogP contribution in [0.15, 0.2) is 36.9 Å². The summed E-state index contributed by atoms with van der Waals surface area (Å²) in [6.07, 6.45) is 1.64. The van der Waals surface area contributed by atoms with Gasteiger partial charge < -0.3 is 14.7 Å². The highest BCUT2D eigenvalue weighted by atomic mass is 16.5. The second kappa shape index (κ2) is 7.99. The van der Waals surface area contributed by atoms with Crippen molar-refractivity contribution in [2.24, 2.45) is 0 Å². The van der Waals surface area contributed by atoms with Gasteiger partial charge >= 0.3 is 5.97 Å². The van der Waals surface area contributed by atoms with Gasteiger partial charge in [0.1, 0.15) is 12.3 Å². The molecule has 1 amide bonds. The molecule has 5 heteroatoms. The van der Waals surface area contributed by atoms with E-state index in [2.05, 4.69) is 6.58 Å². The third kappa shape index (κ3) is 5.14. The summed E-state index contributed by atoms with van der Waals surface area (Å²) < 4.78 is 5.52. The molecule has 20 heavy (non-hydrogen) atoms. The molecule has 1 aromatic carbocycles. The highest BCUT2D eigenvalue weighted by Crippen LogP contribution is 2.16. The van der Waals surface area contributed by atoms with Crippen molar-refractivity contribution in [1.82, 2.24) is 4.90 Å². The predicted octanol–water partition coefficient (Wildman–Crippen LogP) is 1.86. The number of amides is 1. The number of rotatable bonds is 8. The van der Waals surface area contributed by atoms with Crippen molar-refractivity contribution in [2.45, 2.75) is 13.3 Å². The zero-order valence-electron chi connectivity index (χ0n) is 11.5. The number of hydrogen-bond acceptors (Lipinski definition) is 3. The number of hydrogen-bond donors (Lipinski definition) is 1. The number of carbonyl (C=O) groups excluding carboxylic acids is 1. The van der Waals surface area contributed by atoms with Gasteiger partial charge in [0.25, 0.3) is 0 Å². The molecule has 0 spiro atoms. The van der Waals surface area contributed by atoms with Crippen LogP contribution in [0.2, 0.25) is 0 Å². The molecule has 0 unspecified atom stereocenters. The molecular weight excluding hydrogens is 258 g/mol. The zero-order valence-corrected chi connectivity index (χ0v) is 11.5. The first-order chi connectivity index (χ1) is 9.54. The maximum absolute atomic E-state index is 11.9. The fraction of sp³-hybridized carbons (Fsp3) is 0.333. The molecule has 0 aliphatic heterocycles. The van der Waals surface area contributed by atoms with Gasteiger partial charge in [0.15, 0.2) is 0 Å². The molecule has 0 fully saturated rings. The van der Waals surface area contributed by atoms with Gasteiger partial charge in [0.2, 0.25) is 5.91 Å². The first-order valence-electron chi connectivity index (χ1n) is 6.33. The van der Waals surface area contributed by atoms with Gasteiger partial charge in [-0.3, -0.25) is 9.59 Å². The van der Waals surface area contributed by atoms with Crippen molar-refractivity contribution in [3.05, 3.63) is 42.5 Å². The number of para-hydroxylation sites is 1. The Kier molecular flexibility index (Phi) is 6.29. The number of benzene rings is 1. The minimum atomic E-state index is -1.04. The van der Waals surface area contributed by atoms with E-state index in [4.69, 9.17) is 9.84 Å². The molecule has 0 saturated carbocycles. The van der Waals surface area contributed by atoms with Crippen molar-refractivity contribution < 1.29 is 19.4 Å². The van der Waals surface area contributed by atoms with Crippen molar-refractivity contribution in [3.8, 4) is 5.75 Å². The summed E-state index contributed by atoms with van der Waals surface area (Å²) in [5.41, 5.74) is 0.994. The second-order valence-corrected chi connectivity index (χ2v) is 4.32. The van der Waals surface area contributed by atoms with Crippen LogP contribution in [0.1, 0.15) is 12.0 Å². The Morgan fingerprint density at radius 1 is 1.40 bits per heavy atom. The number of carbonyl (C=O) groups is 2. The molecule has 1 aromatic rings. The molecule has 5 nitrogen and oxygen atoms in total. The van der Waals surface area contributed by atoms with Gasteiger partial charge in [-0.15, -0.1) is 6.58 Å². The molecule has 0 radical (unpaired) electrons. The van der Waals surface area contributed by atoms with Crippen LogP contribution >= 0.6 is 0 Å². The number of carboxylic acids is 1. The van der Waals surface area contributed by atoms with E-state index in [-0.39, 0.29) is 32.0 Å². The molecule has 0 atom stereocenters. The van der Waals surface area contributed by atoms with E-state index < -0.39 is 5.97 Å². The fourth-order valence-electron chi connectivity index (χ4n) is 1.70. The van der Waals surface area contributed by atoms with E-state index in [1.165, 1.54) is 11.0 Å². The first kappa shape index (κ1) is 15.8. The minimum absolute atomic E-state index is 0.134. The molecule has 0 heterocycles. The monoisotopic (exact) mass is 277 g/mol. The van der Waals surface area contributed by atoms with Crippen molar-refractivity contribution in [3.63, 3.8) is 0 Å². The molecule has 1 rings (SSSR count). The first-order valence-corrected chi connectivity index (χ1v) is 6.33. The lowest BCUT2D eigenvalue weighted by atomic mass is 10.2. The fourth-order valence-corrected chi connectivity index (χ4v) is 1.70. The Labute approximate surface area is 118 Å². The van der Waals surface area contributed by atoms with Crippen LogP contribution in [0.4, 0.5) is 0 Å². The molecular formula is C15H19NO4. The maximum Gasteiger partial charge on any atom is 0.323 e. The largest absolute Gasteiger partial charge is 0.493 e. The standard InChI is InChI=1S/C15H19NO4/c1-3-9-16(11-15(18)19)14(17)8-10-20-13-7-5-4-6-12(13)2/h3-7H,1,8-11H2,2H3,(H,18,19). The van der Waals surface area contributed by atoms with E-state index in [1.54, 1.807) is 0 Å². The topological polar surface area (TPSA) is 66.8 Å². The molecule has 0 aliphatic carbocycles. The third-order valence-corrected chi connectivity index (χ3v) is 2.70. The number of ether oxygens (including phenoxy) is 1. The Bertz CT molecular complexity index is 485. The Morgan fingerprint density at radius 2 is 2.10 bits per heavy atom. The van der Waals surface area contributed by atoms with E-state index in [0.717, 1.165) is 11.3 Å². The van der Waals surface area contributed by atoms with Gasteiger partial charge in [0, 0.05) is 6.54 Å². The van der Waals surface area contributed by atoms with Gasteiger partial charge in [-0.05, 0) is 18.6 Å². The Morgan fingerprint density at radius 3 is 2.70 bits per heavy atom. The quantitative estimate of drug-likeness (QED) is 0.737. The van der Waals surface area contributed by atoms with Gasteiger partial charge in [-0.1, -0.05) is 24.3 Å². The van der Waals surface area contributed by atoms with Crippen molar-refractivity contribution in [2.75, 3.05) is 19.7 Å². The SMILES string of the molecule is C=CCN(CC(=O)O)C(=O)CCOc1ccccc1C. The number of aliphatic carboxylic acids is 1. The van der Waals surface area contributed by atoms with Crippen LogP contribution in [0.25, 0.3) is 0 Å². The highest BCUT2D eigenvalue weighted by Gasteiger charge is 2.15. The summed E-state index contributed by atoms with van der Waals surface area (Å²) in [7, 11) is 0. The van der Waals surface area contributed by atoms with Crippen LogP contribution in [-0.4, -0.2) is 41.6 Å². The maximum atomic E-state index is 11.9. The van der Waals surface area contributed by atoms with E-state index in [1.807, 2.05) is 31.2 Å². The zero-order chi connectivity index (χ0) is 15.0. The van der Waals surface area contributed by atoms with E-state index in [9.17, 15) is 9.59 Å². The van der Waals surface area contributed by atoms with E-state index >= 15 is 0 Å². The van der Waals surface area contributed by atoms with Crippen molar-refractivity contribution >= 4 is 11.9 Å². The Balaban J connectivity index is 2.47. The molecule has 1 N–H and O–H groups in total. The summed E-state index contributed by atoms with van der Waals surface area (Å²) in [5.74, 6) is -0.574. The van der Waals surface area contributed by atoms with Crippen LogP contribution in [0, 0.1) is 6.92 Å². The summed E-state index contributed by atoms with van der Waals surface area (Å²) >= 11 is 0. The van der Waals surface area contributed by atoms with Gasteiger partial charge in [-0.25, -0.2) is 0 Å². The Hall–Kier alpha value is -2.30. The molecule has 0 saturated heterocycles. The van der Waals surface area contributed by atoms with Gasteiger partial charge in [-0.2, -0.15) is 0 Å². The summed E-state index contributed by atoms with van der Waals surface area (Å²) in [6.45, 7) is 5.55. The van der Waals surface area contributed by atoms with Crippen LogP contribution < -0.4 is 4.74 Å². The lowest BCUT2D eigenvalue weighted by Gasteiger charge is -2.19. The lowest BCUT2D eigenvalue weighted by molar-refractivity contribution is -0.144. The number of carboxylic acid groups (broad SMARTS) is 1. The van der Waals surface area contributed by atoms with Crippen LogP contribution in [0.5, 0.6) is 5.75 Å². The van der Waals surface area contributed by atoms with Crippen LogP contribution in [0.3, 0.4) is 0 Å². The molecule has 108 valence electrons. The summed E-state index contributed by atoms with van der Waals surface area (Å²) in [4.78, 5) is 23.8. The molecule has 0 bridgehead atoms.